The number of nitriles is 2. The van der Waals surface area contributed by atoms with E-state index in [1.165, 1.54) is 12.3 Å². The summed E-state index contributed by atoms with van der Waals surface area (Å²) in [5.74, 6) is 0.641. The van der Waals surface area contributed by atoms with Crippen molar-refractivity contribution in [1.82, 2.24) is 4.98 Å². The van der Waals surface area contributed by atoms with Crippen molar-refractivity contribution in [2.45, 2.75) is 6.92 Å². The van der Waals surface area contributed by atoms with Crippen molar-refractivity contribution in [2.24, 2.45) is 0 Å². The number of pyridine rings is 1. The molecule has 0 aliphatic rings. The topological polar surface area (TPSA) is 69.7 Å². The van der Waals surface area contributed by atoms with Crippen LogP contribution in [-0.4, -0.2) is 4.98 Å². The largest absolute Gasteiger partial charge is 0.437 e. The summed E-state index contributed by atoms with van der Waals surface area (Å²) in [6.07, 6.45) is 1.45. The quantitative estimate of drug-likeness (QED) is 0.835. The van der Waals surface area contributed by atoms with E-state index < -0.39 is 0 Å². The van der Waals surface area contributed by atoms with Crippen LogP contribution in [0.15, 0.2) is 30.5 Å². The number of ether oxygens (including phenoxy) is 1. The molecule has 0 atom stereocenters. The predicted octanol–water partition coefficient (Wildman–Crippen LogP) is 3.58. The Morgan fingerprint density at radius 1 is 1.21 bits per heavy atom. The lowest BCUT2D eigenvalue weighted by atomic mass is 10.1. The monoisotopic (exact) mass is 269 g/mol. The Bertz CT molecular complexity index is 714. The molecule has 0 amide bonds. The summed E-state index contributed by atoms with van der Waals surface area (Å²) in [5, 5.41) is 17.9. The highest BCUT2D eigenvalue weighted by Gasteiger charge is 2.11. The highest BCUT2D eigenvalue weighted by molar-refractivity contribution is 6.33. The zero-order valence-electron chi connectivity index (χ0n) is 10.0. The van der Waals surface area contributed by atoms with Gasteiger partial charge in [-0.1, -0.05) is 17.7 Å². The molecule has 1 heterocycles. The highest BCUT2D eigenvalue weighted by atomic mass is 35.5. The Labute approximate surface area is 115 Å². The van der Waals surface area contributed by atoms with Crippen LogP contribution in [0, 0.1) is 29.6 Å². The van der Waals surface area contributed by atoms with Crippen LogP contribution in [0.2, 0.25) is 5.02 Å². The summed E-state index contributed by atoms with van der Waals surface area (Å²) in [7, 11) is 0. The molecule has 0 spiro atoms. The van der Waals surface area contributed by atoms with Crippen LogP contribution in [0.1, 0.15) is 16.7 Å². The molecule has 0 saturated carbocycles. The zero-order valence-corrected chi connectivity index (χ0v) is 10.8. The van der Waals surface area contributed by atoms with E-state index in [1.54, 1.807) is 18.2 Å². The lowest BCUT2D eigenvalue weighted by Crippen LogP contribution is -1.93. The highest BCUT2D eigenvalue weighted by Crippen LogP contribution is 2.31. The lowest BCUT2D eigenvalue weighted by molar-refractivity contribution is 0.459. The molecule has 2 rings (SSSR count). The SMILES string of the molecule is Cc1ccc(C#N)cc1Oc1nccc(C#N)c1Cl. The molecule has 1 aromatic carbocycles. The number of halogens is 1. The van der Waals surface area contributed by atoms with Crippen LogP contribution < -0.4 is 4.74 Å². The molecular formula is C14H8ClN3O. The van der Waals surface area contributed by atoms with Crippen molar-refractivity contribution in [2.75, 3.05) is 0 Å². The maximum atomic E-state index is 8.88. The Kier molecular flexibility index (Phi) is 3.66. The number of aromatic nitrogens is 1. The molecular weight excluding hydrogens is 262 g/mol. The van der Waals surface area contributed by atoms with Crippen molar-refractivity contribution in [3.63, 3.8) is 0 Å². The van der Waals surface area contributed by atoms with Gasteiger partial charge in [0.2, 0.25) is 5.88 Å². The Hall–Kier alpha value is -2.56. The van der Waals surface area contributed by atoms with Crippen LogP contribution >= 0.6 is 11.6 Å². The van der Waals surface area contributed by atoms with E-state index in [4.69, 9.17) is 26.9 Å². The van der Waals surface area contributed by atoms with Crippen LogP contribution in [-0.2, 0) is 0 Å². The molecule has 0 bridgehead atoms. The molecule has 2 aromatic rings. The number of benzene rings is 1. The molecule has 0 unspecified atom stereocenters. The fourth-order valence-electron chi connectivity index (χ4n) is 1.47. The third-order valence-electron chi connectivity index (χ3n) is 2.50. The van der Waals surface area contributed by atoms with Gasteiger partial charge in [-0.2, -0.15) is 10.5 Å². The summed E-state index contributed by atoms with van der Waals surface area (Å²) < 4.78 is 5.58. The van der Waals surface area contributed by atoms with Crippen LogP contribution in [0.25, 0.3) is 0 Å². The van der Waals surface area contributed by atoms with Crippen molar-refractivity contribution in [3.05, 3.63) is 52.2 Å². The summed E-state index contributed by atoms with van der Waals surface area (Å²) >= 11 is 6.01. The minimum Gasteiger partial charge on any atom is -0.437 e. The average molecular weight is 270 g/mol. The minimum absolute atomic E-state index is 0.152. The van der Waals surface area contributed by atoms with E-state index in [2.05, 4.69) is 4.98 Å². The fraction of sp³-hybridized carbons (Fsp3) is 0.0714. The zero-order chi connectivity index (χ0) is 13.8. The first-order valence-electron chi connectivity index (χ1n) is 5.39. The van der Waals surface area contributed by atoms with Crippen LogP contribution in [0.5, 0.6) is 11.6 Å². The molecule has 0 radical (unpaired) electrons. The predicted molar refractivity (Wildman–Crippen MR) is 69.9 cm³/mol. The molecule has 0 saturated heterocycles. The first-order chi connectivity index (χ1) is 9.15. The maximum absolute atomic E-state index is 8.88. The smallest absolute Gasteiger partial charge is 0.239 e. The van der Waals surface area contributed by atoms with E-state index >= 15 is 0 Å². The molecule has 0 N–H and O–H groups in total. The summed E-state index contributed by atoms with van der Waals surface area (Å²) in [6.45, 7) is 1.85. The van der Waals surface area contributed by atoms with E-state index in [0.717, 1.165) is 5.56 Å². The third-order valence-corrected chi connectivity index (χ3v) is 2.87. The Morgan fingerprint density at radius 2 is 2.00 bits per heavy atom. The summed E-state index contributed by atoms with van der Waals surface area (Å²) in [4.78, 5) is 3.99. The van der Waals surface area contributed by atoms with Gasteiger partial charge in [-0.25, -0.2) is 4.98 Å². The van der Waals surface area contributed by atoms with Gasteiger partial charge in [-0.15, -0.1) is 0 Å². The molecule has 5 heteroatoms. The van der Waals surface area contributed by atoms with Gasteiger partial charge in [0.15, 0.2) is 0 Å². The number of nitrogens with zero attached hydrogens (tertiary/aromatic N) is 3. The second-order valence-corrected chi connectivity index (χ2v) is 4.16. The Morgan fingerprint density at radius 3 is 2.68 bits per heavy atom. The number of rotatable bonds is 2. The average Bonchev–Trinajstić information content (AvgIpc) is 2.43. The molecule has 4 nitrogen and oxygen atoms in total. The normalized spacial score (nSPS) is 9.47. The van der Waals surface area contributed by atoms with E-state index in [0.29, 0.717) is 16.9 Å². The van der Waals surface area contributed by atoms with Gasteiger partial charge in [-0.05, 0) is 30.7 Å². The van der Waals surface area contributed by atoms with Gasteiger partial charge in [-0.3, -0.25) is 0 Å². The van der Waals surface area contributed by atoms with Gasteiger partial charge >= 0.3 is 0 Å². The second kappa shape index (κ2) is 5.39. The molecule has 0 fully saturated rings. The van der Waals surface area contributed by atoms with Gasteiger partial charge in [0.25, 0.3) is 0 Å². The van der Waals surface area contributed by atoms with E-state index in [9.17, 15) is 0 Å². The summed E-state index contributed by atoms with van der Waals surface area (Å²) in [5.41, 5.74) is 1.62. The molecule has 0 aliphatic carbocycles. The van der Waals surface area contributed by atoms with Crippen LogP contribution in [0.4, 0.5) is 0 Å². The van der Waals surface area contributed by atoms with E-state index in [1.807, 2.05) is 19.1 Å². The van der Waals surface area contributed by atoms with Gasteiger partial charge in [0.05, 0.1) is 17.2 Å². The third kappa shape index (κ3) is 2.65. The minimum atomic E-state index is 0.152. The van der Waals surface area contributed by atoms with Crippen LogP contribution in [0.3, 0.4) is 0 Å². The first kappa shape index (κ1) is 12.9. The van der Waals surface area contributed by atoms with Crippen molar-refractivity contribution < 1.29 is 4.74 Å². The molecule has 19 heavy (non-hydrogen) atoms. The Balaban J connectivity index is 2.43. The van der Waals surface area contributed by atoms with E-state index in [-0.39, 0.29) is 10.9 Å². The van der Waals surface area contributed by atoms with Gasteiger partial charge < -0.3 is 4.74 Å². The number of hydrogen-bond acceptors (Lipinski definition) is 4. The standard InChI is InChI=1S/C14H8ClN3O/c1-9-2-3-10(7-16)6-12(9)19-14-13(15)11(8-17)4-5-18-14/h2-6H,1H3. The summed E-state index contributed by atoms with van der Waals surface area (Å²) in [6, 6.07) is 10.6. The number of aryl methyl sites for hydroxylation is 1. The lowest BCUT2D eigenvalue weighted by Gasteiger charge is -2.09. The second-order valence-electron chi connectivity index (χ2n) is 3.78. The van der Waals surface area contributed by atoms with Gasteiger partial charge in [0, 0.05) is 6.20 Å². The van der Waals surface area contributed by atoms with Crippen molar-refractivity contribution in [1.29, 1.82) is 10.5 Å². The van der Waals surface area contributed by atoms with Crippen molar-refractivity contribution >= 4 is 11.6 Å². The first-order valence-corrected chi connectivity index (χ1v) is 5.76. The fourth-order valence-corrected chi connectivity index (χ4v) is 1.66. The van der Waals surface area contributed by atoms with Gasteiger partial charge in [0.1, 0.15) is 16.8 Å². The van der Waals surface area contributed by atoms with Crippen molar-refractivity contribution in [3.8, 4) is 23.8 Å². The number of hydrogen-bond donors (Lipinski definition) is 0. The molecule has 1 aromatic heterocycles. The maximum Gasteiger partial charge on any atom is 0.239 e. The molecule has 92 valence electrons. The molecule has 0 aliphatic heterocycles.